The van der Waals surface area contributed by atoms with Gasteiger partial charge in [-0.3, -0.25) is 14.9 Å². The van der Waals surface area contributed by atoms with Crippen molar-refractivity contribution in [2.24, 2.45) is 11.8 Å². The van der Waals surface area contributed by atoms with Crippen LogP contribution in [0.1, 0.15) is 33.1 Å². The fourth-order valence-corrected chi connectivity index (χ4v) is 5.31. The Morgan fingerprint density at radius 1 is 1.25 bits per heavy atom. The van der Waals surface area contributed by atoms with Gasteiger partial charge in [-0.25, -0.2) is 8.42 Å². The number of rotatable bonds is 7. The first-order valence-corrected chi connectivity index (χ1v) is 10.9. The zero-order valence-corrected chi connectivity index (χ0v) is 16.9. The van der Waals surface area contributed by atoms with Gasteiger partial charge in [0, 0.05) is 25.2 Å². The second kappa shape index (κ2) is 8.04. The molecular weight excluding hydrogens is 384 g/mol. The van der Waals surface area contributed by atoms with Crippen LogP contribution in [-0.4, -0.2) is 49.2 Å². The number of hydrogen-bond donors (Lipinski definition) is 2. The SMILES string of the molecule is C[C@H]1C[C@H](C)CN(S(=O)(=O)c2ccc(NCC(=O)NC3CC3)c([N+](=O)[O-])c2)C1. The van der Waals surface area contributed by atoms with Crippen LogP contribution in [0.15, 0.2) is 23.1 Å². The Morgan fingerprint density at radius 2 is 1.89 bits per heavy atom. The van der Waals surface area contributed by atoms with Gasteiger partial charge >= 0.3 is 0 Å². The minimum atomic E-state index is -3.82. The molecule has 0 aromatic heterocycles. The van der Waals surface area contributed by atoms with E-state index in [0.29, 0.717) is 13.1 Å². The van der Waals surface area contributed by atoms with Crippen molar-refractivity contribution in [3.8, 4) is 0 Å². The van der Waals surface area contributed by atoms with Crippen LogP contribution in [0.4, 0.5) is 11.4 Å². The molecule has 1 aliphatic carbocycles. The van der Waals surface area contributed by atoms with Crippen molar-refractivity contribution >= 4 is 27.3 Å². The maximum absolute atomic E-state index is 13.0. The van der Waals surface area contributed by atoms with Crippen LogP contribution in [0.2, 0.25) is 0 Å². The van der Waals surface area contributed by atoms with Crippen molar-refractivity contribution in [1.29, 1.82) is 0 Å². The summed E-state index contributed by atoms with van der Waals surface area (Å²) < 4.78 is 27.4. The number of anilines is 1. The largest absolute Gasteiger partial charge is 0.371 e. The second-order valence-electron chi connectivity index (χ2n) is 7.90. The number of nitrogens with zero attached hydrogens (tertiary/aromatic N) is 2. The first-order chi connectivity index (χ1) is 13.2. The monoisotopic (exact) mass is 410 g/mol. The Bertz CT molecular complexity index is 859. The van der Waals surface area contributed by atoms with Gasteiger partial charge in [0.05, 0.1) is 16.4 Å². The first kappa shape index (κ1) is 20.5. The number of sulfonamides is 1. The molecule has 0 spiro atoms. The zero-order chi connectivity index (χ0) is 20.5. The van der Waals surface area contributed by atoms with Gasteiger partial charge < -0.3 is 10.6 Å². The lowest BCUT2D eigenvalue weighted by molar-refractivity contribution is -0.384. The molecule has 1 saturated carbocycles. The molecule has 1 heterocycles. The highest BCUT2D eigenvalue weighted by Gasteiger charge is 2.33. The summed E-state index contributed by atoms with van der Waals surface area (Å²) in [6, 6.07) is 3.98. The maximum atomic E-state index is 13.0. The van der Waals surface area contributed by atoms with Gasteiger partial charge in [-0.15, -0.1) is 0 Å². The van der Waals surface area contributed by atoms with E-state index in [9.17, 15) is 23.3 Å². The van der Waals surface area contributed by atoms with Crippen LogP contribution >= 0.6 is 0 Å². The van der Waals surface area contributed by atoms with Gasteiger partial charge in [-0.1, -0.05) is 13.8 Å². The fraction of sp³-hybridized carbons (Fsp3) is 0.611. The third-order valence-corrected chi connectivity index (χ3v) is 6.85. The number of nitro groups is 1. The number of nitro benzene ring substituents is 1. The van der Waals surface area contributed by atoms with Gasteiger partial charge in [0.25, 0.3) is 5.69 Å². The lowest BCUT2D eigenvalue weighted by Gasteiger charge is -2.34. The summed E-state index contributed by atoms with van der Waals surface area (Å²) in [5.74, 6) is 0.226. The molecule has 1 aliphatic heterocycles. The topological polar surface area (TPSA) is 122 Å². The van der Waals surface area contributed by atoms with Crippen LogP contribution < -0.4 is 10.6 Å². The Kier molecular flexibility index (Phi) is 5.90. The van der Waals surface area contributed by atoms with Crippen LogP contribution in [0, 0.1) is 22.0 Å². The summed E-state index contributed by atoms with van der Waals surface area (Å²) in [7, 11) is -3.82. The molecule has 1 amide bonds. The molecule has 154 valence electrons. The average Bonchev–Trinajstić information content (AvgIpc) is 3.42. The van der Waals surface area contributed by atoms with E-state index in [2.05, 4.69) is 10.6 Å². The average molecular weight is 410 g/mol. The van der Waals surface area contributed by atoms with Gasteiger partial charge in [-0.2, -0.15) is 4.31 Å². The minimum absolute atomic E-state index is 0.103. The summed E-state index contributed by atoms with van der Waals surface area (Å²) in [6.45, 7) is 4.70. The van der Waals surface area contributed by atoms with Crippen LogP contribution in [0.25, 0.3) is 0 Å². The third kappa shape index (κ3) is 4.79. The van der Waals surface area contributed by atoms with E-state index in [-0.39, 0.29) is 46.6 Å². The third-order valence-electron chi connectivity index (χ3n) is 5.02. The zero-order valence-electron chi connectivity index (χ0n) is 16.1. The molecule has 0 unspecified atom stereocenters. The Morgan fingerprint density at radius 3 is 2.46 bits per heavy atom. The standard InChI is InChI=1S/C18H26N4O5S/c1-12-7-13(2)11-21(10-12)28(26,27)15-5-6-16(17(8-15)22(24)25)19-9-18(23)20-14-3-4-14/h5-6,8,12-14,19H,3-4,7,9-11H2,1-2H3,(H,20,23)/t12-,13-/m0/s1. The number of benzene rings is 1. The van der Waals surface area contributed by atoms with Crippen molar-refractivity contribution in [2.45, 2.75) is 44.0 Å². The number of piperidine rings is 1. The van der Waals surface area contributed by atoms with E-state index in [1.54, 1.807) is 0 Å². The summed E-state index contributed by atoms with van der Waals surface area (Å²) in [6.07, 6.45) is 2.86. The van der Waals surface area contributed by atoms with Crippen molar-refractivity contribution in [3.63, 3.8) is 0 Å². The quantitative estimate of drug-likeness (QED) is 0.523. The maximum Gasteiger partial charge on any atom is 0.293 e. The molecule has 2 atom stereocenters. The smallest absolute Gasteiger partial charge is 0.293 e. The van der Waals surface area contributed by atoms with E-state index in [0.717, 1.165) is 25.3 Å². The molecule has 1 saturated heterocycles. The lowest BCUT2D eigenvalue weighted by atomic mass is 9.94. The molecule has 28 heavy (non-hydrogen) atoms. The fourth-order valence-electron chi connectivity index (χ4n) is 3.61. The van der Waals surface area contributed by atoms with E-state index in [1.807, 2.05) is 13.8 Å². The molecule has 3 rings (SSSR count). The summed E-state index contributed by atoms with van der Waals surface area (Å²) in [5, 5.41) is 17.0. The molecule has 10 heteroatoms. The molecule has 1 aromatic rings. The summed E-state index contributed by atoms with van der Waals surface area (Å²) in [5.41, 5.74) is -0.242. The van der Waals surface area contributed by atoms with Crippen LogP contribution in [0.5, 0.6) is 0 Å². The summed E-state index contributed by atoms with van der Waals surface area (Å²) in [4.78, 5) is 22.5. The first-order valence-electron chi connectivity index (χ1n) is 9.48. The lowest BCUT2D eigenvalue weighted by Crippen LogP contribution is -2.42. The number of carbonyl (C=O) groups excluding carboxylic acids is 1. The highest BCUT2D eigenvalue weighted by atomic mass is 32.2. The van der Waals surface area contributed by atoms with Crippen molar-refractivity contribution in [2.75, 3.05) is 25.0 Å². The highest BCUT2D eigenvalue weighted by molar-refractivity contribution is 7.89. The van der Waals surface area contributed by atoms with Gasteiger partial charge in [0.1, 0.15) is 5.69 Å². The Labute approximate surface area is 164 Å². The molecule has 2 N–H and O–H groups in total. The van der Waals surface area contributed by atoms with Crippen molar-refractivity contribution in [3.05, 3.63) is 28.3 Å². The number of carbonyl (C=O) groups is 1. The van der Waals surface area contributed by atoms with Crippen molar-refractivity contribution < 1.29 is 18.1 Å². The Hall–Kier alpha value is -2.20. The molecule has 2 aliphatic rings. The number of hydrogen-bond acceptors (Lipinski definition) is 6. The molecule has 9 nitrogen and oxygen atoms in total. The predicted molar refractivity (Wildman–Crippen MR) is 104 cm³/mol. The Balaban J connectivity index is 1.79. The number of nitrogens with one attached hydrogen (secondary N) is 2. The molecule has 2 fully saturated rings. The molecule has 1 aromatic carbocycles. The van der Waals surface area contributed by atoms with E-state index >= 15 is 0 Å². The van der Waals surface area contributed by atoms with Crippen molar-refractivity contribution in [1.82, 2.24) is 9.62 Å². The minimum Gasteiger partial charge on any atom is -0.371 e. The summed E-state index contributed by atoms with van der Waals surface area (Å²) >= 11 is 0. The van der Waals surface area contributed by atoms with E-state index < -0.39 is 14.9 Å². The molecule has 0 radical (unpaired) electrons. The van der Waals surface area contributed by atoms with Gasteiger partial charge in [-0.05, 0) is 43.2 Å². The second-order valence-corrected chi connectivity index (χ2v) is 9.84. The normalized spacial score (nSPS) is 23.2. The molecular formula is C18H26N4O5S. The number of amides is 1. The highest BCUT2D eigenvalue weighted by Crippen LogP contribution is 2.31. The van der Waals surface area contributed by atoms with Crippen LogP contribution in [-0.2, 0) is 14.8 Å². The van der Waals surface area contributed by atoms with E-state index in [4.69, 9.17) is 0 Å². The van der Waals surface area contributed by atoms with Crippen LogP contribution in [0.3, 0.4) is 0 Å². The molecule has 0 bridgehead atoms. The van der Waals surface area contributed by atoms with E-state index in [1.165, 1.54) is 16.4 Å². The van der Waals surface area contributed by atoms with Gasteiger partial charge in [0.2, 0.25) is 15.9 Å². The predicted octanol–water partition coefficient (Wildman–Crippen LogP) is 1.95. The van der Waals surface area contributed by atoms with Gasteiger partial charge in [0.15, 0.2) is 0 Å².